The van der Waals surface area contributed by atoms with Crippen LogP contribution in [0.2, 0.25) is 5.02 Å². The predicted octanol–water partition coefficient (Wildman–Crippen LogP) is 5.61. The standard InChI is InChI=1S/C27H23ClN2O6S/c1-34-21-10-6-5-9-20(21)29-25(31)15-30-26(32)24(37-27(30)33)14-17-11-12-22(23(13-17)35-2)36-16-18-7-3-4-8-19(18)28/h3-14H,15-16H2,1-2H3,(H,29,31)/b24-14+. The summed E-state index contributed by atoms with van der Waals surface area (Å²) in [6.45, 7) is -0.163. The number of carbonyl (C=O) groups is 3. The summed E-state index contributed by atoms with van der Waals surface area (Å²) in [6, 6.07) is 19.4. The van der Waals surface area contributed by atoms with Gasteiger partial charge >= 0.3 is 0 Å². The number of nitrogens with zero attached hydrogens (tertiary/aromatic N) is 1. The highest BCUT2D eigenvalue weighted by atomic mass is 35.5. The molecule has 0 saturated carbocycles. The van der Waals surface area contributed by atoms with Gasteiger partial charge < -0.3 is 19.5 Å². The summed E-state index contributed by atoms with van der Waals surface area (Å²) in [4.78, 5) is 39.0. The highest BCUT2D eigenvalue weighted by Gasteiger charge is 2.36. The number of rotatable bonds is 9. The van der Waals surface area contributed by atoms with Crippen molar-refractivity contribution in [1.29, 1.82) is 0 Å². The fraction of sp³-hybridized carbons (Fsp3) is 0.148. The number of imide groups is 1. The minimum Gasteiger partial charge on any atom is -0.495 e. The quantitative estimate of drug-likeness (QED) is 0.354. The maximum atomic E-state index is 12.9. The first kappa shape index (κ1) is 26.1. The second kappa shape index (κ2) is 11.9. The average molecular weight is 539 g/mol. The van der Waals surface area contributed by atoms with Crippen molar-refractivity contribution in [3.63, 3.8) is 0 Å². The highest BCUT2D eigenvalue weighted by Crippen LogP contribution is 2.35. The zero-order valence-electron chi connectivity index (χ0n) is 20.0. The third-order valence-corrected chi connectivity index (χ3v) is 6.66. The van der Waals surface area contributed by atoms with Crippen molar-refractivity contribution in [3.8, 4) is 17.2 Å². The van der Waals surface area contributed by atoms with E-state index in [-0.39, 0.29) is 11.5 Å². The number of anilines is 1. The molecule has 8 nitrogen and oxygen atoms in total. The summed E-state index contributed by atoms with van der Waals surface area (Å²) in [5.41, 5.74) is 1.91. The van der Waals surface area contributed by atoms with E-state index in [9.17, 15) is 14.4 Å². The van der Waals surface area contributed by atoms with Crippen molar-refractivity contribution in [2.24, 2.45) is 0 Å². The lowest BCUT2D eigenvalue weighted by Gasteiger charge is -2.14. The van der Waals surface area contributed by atoms with E-state index in [0.717, 1.165) is 22.2 Å². The molecule has 0 radical (unpaired) electrons. The summed E-state index contributed by atoms with van der Waals surface area (Å²) in [7, 11) is 2.99. The van der Waals surface area contributed by atoms with Crippen molar-refractivity contribution in [3.05, 3.63) is 87.8 Å². The van der Waals surface area contributed by atoms with Gasteiger partial charge in [-0.1, -0.05) is 48.0 Å². The topological polar surface area (TPSA) is 94.2 Å². The molecule has 10 heteroatoms. The first-order valence-electron chi connectivity index (χ1n) is 11.1. The SMILES string of the molecule is COc1ccccc1NC(=O)CN1C(=O)S/C(=C/c2ccc(OCc3ccccc3Cl)c(OC)c2)C1=O. The monoisotopic (exact) mass is 538 g/mol. The first-order chi connectivity index (χ1) is 17.9. The van der Waals surface area contributed by atoms with Crippen LogP contribution >= 0.6 is 23.4 Å². The Bertz CT molecular complexity index is 1380. The number of methoxy groups -OCH3 is 2. The number of hydrogen-bond acceptors (Lipinski definition) is 7. The van der Waals surface area contributed by atoms with Gasteiger partial charge in [0.05, 0.1) is 24.8 Å². The molecule has 1 heterocycles. The van der Waals surface area contributed by atoms with Crippen LogP contribution in [0.3, 0.4) is 0 Å². The minimum atomic E-state index is -0.553. The average Bonchev–Trinajstić information content (AvgIpc) is 3.16. The van der Waals surface area contributed by atoms with Gasteiger partial charge in [-0.15, -0.1) is 0 Å². The van der Waals surface area contributed by atoms with Gasteiger partial charge in [0, 0.05) is 10.6 Å². The number of amides is 3. The van der Waals surface area contributed by atoms with E-state index in [1.807, 2.05) is 18.2 Å². The van der Waals surface area contributed by atoms with Crippen molar-refractivity contribution >= 4 is 52.2 Å². The molecule has 0 aliphatic carbocycles. The van der Waals surface area contributed by atoms with Gasteiger partial charge in [-0.3, -0.25) is 19.3 Å². The smallest absolute Gasteiger partial charge is 0.294 e. The van der Waals surface area contributed by atoms with Crippen LogP contribution in [0.25, 0.3) is 6.08 Å². The number of para-hydroxylation sites is 2. The molecule has 0 unspecified atom stereocenters. The minimum absolute atomic E-state index is 0.196. The number of nitrogens with one attached hydrogen (secondary N) is 1. The molecule has 1 aliphatic heterocycles. The van der Waals surface area contributed by atoms with Crippen molar-refractivity contribution in [2.45, 2.75) is 6.61 Å². The Hall–Kier alpha value is -3.95. The Morgan fingerprint density at radius 2 is 1.70 bits per heavy atom. The molecule has 37 heavy (non-hydrogen) atoms. The molecule has 1 fully saturated rings. The van der Waals surface area contributed by atoms with Crippen molar-refractivity contribution < 1.29 is 28.6 Å². The van der Waals surface area contributed by atoms with Gasteiger partial charge in [0.25, 0.3) is 11.1 Å². The molecule has 0 bridgehead atoms. The van der Waals surface area contributed by atoms with Gasteiger partial charge in [-0.2, -0.15) is 0 Å². The molecule has 190 valence electrons. The molecule has 1 aliphatic rings. The lowest BCUT2D eigenvalue weighted by atomic mass is 10.1. The van der Waals surface area contributed by atoms with E-state index in [2.05, 4.69) is 5.32 Å². The van der Waals surface area contributed by atoms with E-state index < -0.39 is 23.6 Å². The maximum absolute atomic E-state index is 12.9. The van der Waals surface area contributed by atoms with E-state index in [4.69, 9.17) is 25.8 Å². The second-order valence-electron chi connectivity index (χ2n) is 7.81. The zero-order valence-corrected chi connectivity index (χ0v) is 21.6. The third-order valence-electron chi connectivity index (χ3n) is 5.38. The number of hydrogen-bond donors (Lipinski definition) is 1. The van der Waals surface area contributed by atoms with Crippen LogP contribution in [0.4, 0.5) is 10.5 Å². The maximum Gasteiger partial charge on any atom is 0.294 e. The predicted molar refractivity (Wildman–Crippen MR) is 143 cm³/mol. The summed E-state index contributed by atoms with van der Waals surface area (Å²) in [5.74, 6) is 0.355. The molecule has 3 amide bonds. The zero-order chi connectivity index (χ0) is 26.4. The van der Waals surface area contributed by atoms with Crippen LogP contribution in [-0.4, -0.2) is 42.7 Å². The van der Waals surface area contributed by atoms with Gasteiger partial charge in [-0.05, 0) is 53.7 Å². The first-order valence-corrected chi connectivity index (χ1v) is 12.3. The molecule has 1 N–H and O–H groups in total. The van der Waals surface area contributed by atoms with Gasteiger partial charge in [-0.25, -0.2) is 0 Å². The van der Waals surface area contributed by atoms with Gasteiger partial charge in [0.2, 0.25) is 5.91 Å². The number of halogens is 1. The normalized spacial score (nSPS) is 14.1. The second-order valence-corrected chi connectivity index (χ2v) is 9.21. The molecule has 0 atom stereocenters. The number of carbonyl (C=O) groups excluding carboxylic acids is 3. The van der Waals surface area contributed by atoms with Crippen molar-refractivity contribution in [2.75, 3.05) is 26.1 Å². The number of benzene rings is 3. The van der Waals surface area contributed by atoms with Crippen LogP contribution in [0, 0.1) is 0 Å². The molecule has 3 aromatic rings. The summed E-state index contributed by atoms with van der Waals surface area (Å²) < 4.78 is 16.5. The molecule has 0 spiro atoms. The molecule has 1 saturated heterocycles. The van der Waals surface area contributed by atoms with E-state index in [1.54, 1.807) is 54.6 Å². The Morgan fingerprint density at radius 3 is 2.46 bits per heavy atom. The Balaban J connectivity index is 1.44. The largest absolute Gasteiger partial charge is 0.495 e. The van der Waals surface area contributed by atoms with Crippen LogP contribution in [0.15, 0.2) is 71.6 Å². The molecule has 4 rings (SSSR count). The Morgan fingerprint density at radius 1 is 0.973 bits per heavy atom. The highest BCUT2D eigenvalue weighted by molar-refractivity contribution is 8.18. The van der Waals surface area contributed by atoms with Crippen LogP contribution in [-0.2, 0) is 16.2 Å². The summed E-state index contributed by atoms with van der Waals surface area (Å²) in [5, 5.41) is 2.74. The Kier molecular flexibility index (Phi) is 8.37. The Labute approximate surface area is 223 Å². The molecule has 0 aromatic heterocycles. The lowest BCUT2D eigenvalue weighted by molar-refractivity contribution is -0.127. The molecular formula is C27H23ClN2O6S. The molecular weight excluding hydrogens is 516 g/mol. The van der Waals surface area contributed by atoms with Crippen molar-refractivity contribution in [1.82, 2.24) is 4.90 Å². The molecule has 3 aromatic carbocycles. The van der Waals surface area contributed by atoms with Gasteiger partial charge in [0.15, 0.2) is 11.5 Å². The van der Waals surface area contributed by atoms with E-state index in [1.165, 1.54) is 14.2 Å². The summed E-state index contributed by atoms with van der Waals surface area (Å²) >= 11 is 6.96. The number of ether oxygens (including phenoxy) is 3. The lowest BCUT2D eigenvalue weighted by Crippen LogP contribution is -2.36. The van der Waals surface area contributed by atoms with Gasteiger partial charge in [0.1, 0.15) is 18.9 Å². The fourth-order valence-electron chi connectivity index (χ4n) is 3.53. The van der Waals surface area contributed by atoms with Crippen LogP contribution < -0.4 is 19.5 Å². The van der Waals surface area contributed by atoms with E-state index in [0.29, 0.717) is 33.5 Å². The van der Waals surface area contributed by atoms with Crippen LogP contribution in [0.1, 0.15) is 11.1 Å². The van der Waals surface area contributed by atoms with Crippen LogP contribution in [0.5, 0.6) is 17.2 Å². The fourth-order valence-corrected chi connectivity index (χ4v) is 4.56. The van der Waals surface area contributed by atoms with E-state index >= 15 is 0 Å². The third kappa shape index (κ3) is 6.25. The number of thioether (sulfide) groups is 1. The summed E-state index contributed by atoms with van der Waals surface area (Å²) in [6.07, 6.45) is 1.57.